The lowest BCUT2D eigenvalue weighted by molar-refractivity contribution is 0.163. The molecule has 0 aliphatic rings. The summed E-state index contributed by atoms with van der Waals surface area (Å²) in [4.78, 5) is 0. The number of anilines is 1. The summed E-state index contributed by atoms with van der Waals surface area (Å²) in [6.07, 6.45) is 0. The zero-order valence-corrected chi connectivity index (χ0v) is 13.2. The minimum atomic E-state index is -3.48. The fraction of sp³-hybridized carbons (Fsp3) is 0.364. The van der Waals surface area contributed by atoms with Crippen LogP contribution >= 0.6 is 15.9 Å². The van der Waals surface area contributed by atoms with Crippen LogP contribution in [0.3, 0.4) is 0 Å². The molecule has 1 rings (SSSR count). The second-order valence-corrected chi connectivity index (χ2v) is 6.49. The van der Waals surface area contributed by atoms with E-state index in [9.17, 15) is 8.42 Å². The molecule has 0 aromatic heterocycles. The van der Waals surface area contributed by atoms with Crippen LogP contribution in [0.2, 0.25) is 0 Å². The van der Waals surface area contributed by atoms with Crippen LogP contribution in [0.5, 0.6) is 0 Å². The number of nitrogens with one attached hydrogen (secondary N) is 1. The number of rotatable bonds is 7. The van der Waals surface area contributed by atoms with E-state index in [0.29, 0.717) is 22.3 Å². The molecule has 0 bridgehead atoms. The van der Waals surface area contributed by atoms with Crippen LogP contribution in [0, 0.1) is 0 Å². The third-order valence-corrected chi connectivity index (χ3v) is 4.23. The molecule has 20 heavy (non-hydrogen) atoms. The molecule has 0 unspecified atom stereocenters. The summed E-state index contributed by atoms with van der Waals surface area (Å²) in [5.41, 5.74) is 6.29. The molecule has 7 nitrogen and oxygen atoms in total. The number of nitrogens with two attached hydrogens (primary N) is 1. The number of oxime groups is 1. The molecule has 1 aromatic carbocycles. The highest BCUT2D eigenvalue weighted by Gasteiger charge is 2.13. The lowest BCUT2D eigenvalue weighted by Gasteiger charge is -2.10. The van der Waals surface area contributed by atoms with Crippen molar-refractivity contribution in [1.82, 2.24) is 0 Å². The number of hydrogen-bond acceptors (Lipinski definition) is 5. The molecule has 0 saturated carbocycles. The predicted molar refractivity (Wildman–Crippen MR) is 80.6 cm³/mol. The molecule has 0 aliphatic carbocycles. The molecule has 0 heterocycles. The van der Waals surface area contributed by atoms with Crippen LogP contribution in [0.25, 0.3) is 0 Å². The molecule has 0 radical (unpaired) electrons. The van der Waals surface area contributed by atoms with Gasteiger partial charge in [0, 0.05) is 16.6 Å². The van der Waals surface area contributed by atoms with E-state index in [1.165, 1.54) is 6.07 Å². The summed E-state index contributed by atoms with van der Waals surface area (Å²) in [7, 11) is -3.48. The molecule has 9 heteroatoms. The minimum Gasteiger partial charge on any atom is -0.409 e. The fourth-order valence-electron chi connectivity index (χ4n) is 1.35. The third-order valence-electron chi connectivity index (χ3n) is 2.34. The van der Waals surface area contributed by atoms with Gasteiger partial charge in [0.1, 0.15) is 0 Å². The van der Waals surface area contributed by atoms with E-state index in [1.54, 1.807) is 19.1 Å². The van der Waals surface area contributed by atoms with Crippen LogP contribution in [0.4, 0.5) is 5.69 Å². The quantitative estimate of drug-likeness (QED) is 0.221. The molecule has 0 amide bonds. The maximum atomic E-state index is 11.8. The first-order valence-electron chi connectivity index (χ1n) is 5.75. The van der Waals surface area contributed by atoms with E-state index in [4.69, 9.17) is 15.7 Å². The van der Waals surface area contributed by atoms with Crippen molar-refractivity contribution in [3.63, 3.8) is 0 Å². The van der Waals surface area contributed by atoms with Crippen LogP contribution in [-0.2, 0) is 14.8 Å². The first kappa shape index (κ1) is 16.7. The van der Waals surface area contributed by atoms with Gasteiger partial charge in [-0.15, -0.1) is 0 Å². The molecule has 0 aliphatic heterocycles. The first-order valence-corrected chi connectivity index (χ1v) is 8.20. The molecular formula is C11H16BrN3O4S. The van der Waals surface area contributed by atoms with Gasteiger partial charge >= 0.3 is 0 Å². The van der Waals surface area contributed by atoms with Crippen LogP contribution in [0.1, 0.15) is 12.5 Å². The largest absolute Gasteiger partial charge is 0.409 e. The standard InChI is InChI=1S/C11H16BrN3O4S/c1-2-19-5-6-20(17,18)15-10-4-3-8(7-9(10)12)11(13)14-16/h3-4,7,15-16H,2,5-6H2,1H3,(H2,13,14). The molecule has 112 valence electrons. The topological polar surface area (TPSA) is 114 Å². The van der Waals surface area contributed by atoms with E-state index < -0.39 is 10.0 Å². The average molecular weight is 366 g/mol. The Hall–Kier alpha value is -1.32. The van der Waals surface area contributed by atoms with Gasteiger partial charge in [-0.05, 0) is 41.1 Å². The lowest BCUT2D eigenvalue weighted by atomic mass is 10.2. The maximum Gasteiger partial charge on any atom is 0.235 e. The molecule has 0 spiro atoms. The number of sulfonamides is 1. The summed E-state index contributed by atoms with van der Waals surface area (Å²) in [5.74, 6) is -0.189. The third kappa shape index (κ3) is 4.99. The fourth-order valence-corrected chi connectivity index (χ4v) is 2.91. The van der Waals surface area contributed by atoms with Gasteiger partial charge in [-0.25, -0.2) is 8.42 Å². The Balaban J connectivity index is 2.83. The van der Waals surface area contributed by atoms with Crippen molar-refractivity contribution in [1.29, 1.82) is 0 Å². The second kappa shape index (κ2) is 7.46. The normalized spacial score (nSPS) is 12.4. The smallest absolute Gasteiger partial charge is 0.235 e. The Bertz CT molecular complexity index is 589. The summed E-state index contributed by atoms with van der Waals surface area (Å²) in [6.45, 7) is 2.39. The Morgan fingerprint density at radius 1 is 1.55 bits per heavy atom. The minimum absolute atomic E-state index is 0.0588. The van der Waals surface area contributed by atoms with E-state index in [0.717, 1.165) is 0 Å². The van der Waals surface area contributed by atoms with E-state index in [-0.39, 0.29) is 18.2 Å². The second-order valence-electron chi connectivity index (χ2n) is 3.80. The van der Waals surface area contributed by atoms with E-state index >= 15 is 0 Å². The summed E-state index contributed by atoms with van der Waals surface area (Å²) in [5, 5.41) is 11.4. The van der Waals surface area contributed by atoms with Gasteiger partial charge in [-0.1, -0.05) is 5.16 Å². The van der Waals surface area contributed by atoms with Gasteiger partial charge in [0.25, 0.3) is 0 Å². The maximum absolute atomic E-state index is 11.8. The summed E-state index contributed by atoms with van der Waals surface area (Å²) in [6, 6.07) is 4.62. The van der Waals surface area contributed by atoms with Gasteiger partial charge in [0.05, 0.1) is 18.0 Å². The van der Waals surface area contributed by atoms with Gasteiger partial charge in [-0.3, -0.25) is 4.72 Å². The first-order chi connectivity index (χ1) is 9.39. The zero-order chi connectivity index (χ0) is 15.2. The van der Waals surface area contributed by atoms with Crippen molar-refractivity contribution in [2.24, 2.45) is 10.9 Å². The number of ether oxygens (including phenoxy) is 1. The van der Waals surface area contributed by atoms with Crippen molar-refractivity contribution >= 4 is 37.5 Å². The van der Waals surface area contributed by atoms with Crippen LogP contribution in [-0.4, -0.2) is 38.4 Å². The number of halogens is 1. The van der Waals surface area contributed by atoms with Crippen molar-refractivity contribution in [3.8, 4) is 0 Å². The van der Waals surface area contributed by atoms with Crippen LogP contribution in [0.15, 0.2) is 27.8 Å². The molecule has 0 fully saturated rings. The monoisotopic (exact) mass is 365 g/mol. The Labute approximate surface area is 126 Å². The van der Waals surface area contributed by atoms with Crippen molar-refractivity contribution in [2.45, 2.75) is 6.92 Å². The highest BCUT2D eigenvalue weighted by atomic mass is 79.9. The Morgan fingerprint density at radius 2 is 2.25 bits per heavy atom. The summed E-state index contributed by atoms with van der Waals surface area (Å²) >= 11 is 3.23. The zero-order valence-electron chi connectivity index (χ0n) is 10.8. The van der Waals surface area contributed by atoms with Gasteiger partial charge in [0.15, 0.2) is 5.84 Å². The summed E-state index contributed by atoms with van der Waals surface area (Å²) < 4.78 is 31.5. The highest BCUT2D eigenvalue weighted by Crippen LogP contribution is 2.24. The number of amidine groups is 1. The number of nitrogens with zero attached hydrogens (tertiary/aromatic N) is 1. The van der Waals surface area contributed by atoms with Gasteiger partial charge in [-0.2, -0.15) is 0 Å². The van der Waals surface area contributed by atoms with Crippen molar-refractivity contribution in [3.05, 3.63) is 28.2 Å². The van der Waals surface area contributed by atoms with Gasteiger partial charge in [0.2, 0.25) is 10.0 Å². The van der Waals surface area contributed by atoms with E-state index in [2.05, 4.69) is 25.8 Å². The Morgan fingerprint density at radius 3 is 2.80 bits per heavy atom. The predicted octanol–water partition coefficient (Wildman–Crippen LogP) is 1.32. The lowest BCUT2D eigenvalue weighted by Crippen LogP contribution is -2.20. The van der Waals surface area contributed by atoms with Crippen molar-refractivity contribution < 1.29 is 18.4 Å². The van der Waals surface area contributed by atoms with Crippen LogP contribution < -0.4 is 10.5 Å². The molecular weight excluding hydrogens is 350 g/mol. The van der Waals surface area contributed by atoms with Gasteiger partial charge < -0.3 is 15.7 Å². The molecule has 0 saturated heterocycles. The number of benzene rings is 1. The van der Waals surface area contributed by atoms with E-state index in [1.807, 2.05) is 0 Å². The molecule has 1 aromatic rings. The highest BCUT2D eigenvalue weighted by molar-refractivity contribution is 9.10. The number of hydrogen-bond donors (Lipinski definition) is 3. The average Bonchev–Trinajstić information content (AvgIpc) is 2.40. The van der Waals surface area contributed by atoms with Crippen molar-refractivity contribution in [2.75, 3.05) is 23.7 Å². The Kier molecular flexibility index (Phi) is 6.24. The molecule has 4 N–H and O–H groups in total. The molecule has 0 atom stereocenters. The SMILES string of the molecule is CCOCCS(=O)(=O)Nc1ccc(/C(N)=N/O)cc1Br.